The minimum absolute atomic E-state index is 0.347. The summed E-state index contributed by atoms with van der Waals surface area (Å²) >= 11 is 0. The molecule has 1 aliphatic heterocycles. The number of carbonyl (C=O) groups is 2. The van der Waals surface area contributed by atoms with Gasteiger partial charge in [-0.15, -0.1) is 0 Å². The average Bonchev–Trinajstić information content (AvgIpc) is 2.72. The fourth-order valence-corrected chi connectivity index (χ4v) is 3.13. The smallest absolute Gasteiger partial charge is 0.337 e. The van der Waals surface area contributed by atoms with Crippen LogP contribution in [0.5, 0.6) is 5.75 Å². The molecule has 2 aromatic rings. The molecule has 0 fully saturated rings. The quantitative estimate of drug-likeness (QED) is 0.748. The molecule has 0 bridgehead atoms. The number of rotatable bonds is 6. The fourth-order valence-electron chi connectivity index (χ4n) is 3.13. The number of allylic oxidation sites excluding steroid dienone is 1. The van der Waals surface area contributed by atoms with Crippen molar-refractivity contribution in [1.82, 2.24) is 10.6 Å². The molecule has 0 radical (unpaired) electrons. The molecule has 0 saturated heterocycles. The molecule has 0 spiro atoms. The van der Waals surface area contributed by atoms with Gasteiger partial charge >= 0.3 is 12.0 Å². The third-order valence-electron chi connectivity index (χ3n) is 4.63. The van der Waals surface area contributed by atoms with Crippen molar-refractivity contribution >= 4 is 12.0 Å². The largest absolute Gasteiger partial charge is 0.489 e. The van der Waals surface area contributed by atoms with E-state index < -0.39 is 12.0 Å². The monoisotopic (exact) mass is 380 g/mol. The van der Waals surface area contributed by atoms with Crippen LogP contribution in [-0.2, 0) is 16.1 Å². The molecule has 2 amide bonds. The van der Waals surface area contributed by atoms with Crippen molar-refractivity contribution in [2.45, 2.75) is 32.9 Å². The van der Waals surface area contributed by atoms with Gasteiger partial charge in [-0.1, -0.05) is 48.9 Å². The first-order valence-electron chi connectivity index (χ1n) is 9.19. The maximum atomic E-state index is 12.3. The predicted octanol–water partition coefficient (Wildman–Crippen LogP) is 3.77. The van der Waals surface area contributed by atoms with Crippen LogP contribution >= 0.6 is 0 Å². The first kappa shape index (κ1) is 19.5. The van der Waals surface area contributed by atoms with E-state index in [4.69, 9.17) is 9.47 Å². The van der Waals surface area contributed by atoms with Crippen molar-refractivity contribution in [2.24, 2.45) is 0 Å². The molecule has 2 aromatic carbocycles. The highest BCUT2D eigenvalue weighted by Gasteiger charge is 2.32. The summed E-state index contributed by atoms with van der Waals surface area (Å²) in [6.07, 6.45) is 0.512. The summed E-state index contributed by atoms with van der Waals surface area (Å²) in [6.45, 7) is 4.35. The molecule has 1 aliphatic rings. The molecule has 3 rings (SSSR count). The van der Waals surface area contributed by atoms with E-state index in [-0.39, 0.29) is 6.03 Å². The Labute approximate surface area is 164 Å². The Morgan fingerprint density at radius 2 is 1.89 bits per heavy atom. The molecular formula is C22H24N2O4. The lowest BCUT2D eigenvalue weighted by molar-refractivity contribution is -0.136. The van der Waals surface area contributed by atoms with Crippen molar-refractivity contribution in [2.75, 3.05) is 7.11 Å². The van der Waals surface area contributed by atoms with E-state index in [2.05, 4.69) is 10.6 Å². The van der Waals surface area contributed by atoms with Gasteiger partial charge in [-0.3, -0.25) is 0 Å². The van der Waals surface area contributed by atoms with Crippen LogP contribution in [0, 0.1) is 6.92 Å². The maximum absolute atomic E-state index is 12.3. The van der Waals surface area contributed by atoms with E-state index in [1.54, 1.807) is 0 Å². The molecule has 1 atom stereocenters. The van der Waals surface area contributed by atoms with Crippen molar-refractivity contribution in [3.8, 4) is 5.75 Å². The fraction of sp³-hybridized carbons (Fsp3) is 0.273. The highest BCUT2D eigenvalue weighted by atomic mass is 16.5. The van der Waals surface area contributed by atoms with E-state index in [1.807, 2.05) is 62.4 Å². The van der Waals surface area contributed by atoms with Crippen molar-refractivity contribution < 1.29 is 19.1 Å². The zero-order valence-electron chi connectivity index (χ0n) is 16.2. The van der Waals surface area contributed by atoms with Gasteiger partial charge in [0, 0.05) is 5.70 Å². The lowest BCUT2D eigenvalue weighted by Crippen LogP contribution is -2.45. The molecule has 1 heterocycles. The number of amides is 2. The van der Waals surface area contributed by atoms with Gasteiger partial charge in [-0.05, 0) is 36.6 Å². The molecule has 146 valence electrons. The van der Waals surface area contributed by atoms with Crippen LogP contribution in [0.4, 0.5) is 4.79 Å². The Morgan fingerprint density at radius 3 is 2.57 bits per heavy atom. The number of benzene rings is 2. The first-order valence-corrected chi connectivity index (χ1v) is 9.19. The van der Waals surface area contributed by atoms with Gasteiger partial charge < -0.3 is 20.1 Å². The summed E-state index contributed by atoms with van der Waals surface area (Å²) in [7, 11) is 1.33. The van der Waals surface area contributed by atoms with Crippen LogP contribution in [-0.4, -0.2) is 19.1 Å². The predicted molar refractivity (Wildman–Crippen MR) is 106 cm³/mol. The second kappa shape index (κ2) is 8.61. The number of nitrogens with one attached hydrogen (secondary N) is 2. The second-order valence-electron chi connectivity index (χ2n) is 6.62. The third kappa shape index (κ3) is 4.34. The molecular weight excluding hydrogens is 356 g/mol. The SMILES string of the molecule is CCC1=C(C(=O)OC)C(c2cccc(OCc3ccc(C)cc3)c2)NC(=O)N1. The Hall–Kier alpha value is -3.28. The summed E-state index contributed by atoms with van der Waals surface area (Å²) in [6, 6.07) is 14.6. The molecule has 0 aromatic heterocycles. The van der Waals surface area contributed by atoms with Crippen LogP contribution in [0.15, 0.2) is 59.8 Å². The van der Waals surface area contributed by atoms with E-state index in [0.717, 1.165) is 11.1 Å². The van der Waals surface area contributed by atoms with Gasteiger partial charge in [-0.2, -0.15) is 0 Å². The maximum Gasteiger partial charge on any atom is 0.337 e. The van der Waals surface area contributed by atoms with Gasteiger partial charge in [0.25, 0.3) is 0 Å². The van der Waals surface area contributed by atoms with Crippen LogP contribution in [0.1, 0.15) is 36.1 Å². The number of methoxy groups -OCH3 is 1. The van der Waals surface area contributed by atoms with E-state index >= 15 is 0 Å². The van der Waals surface area contributed by atoms with Crippen LogP contribution in [0.2, 0.25) is 0 Å². The molecule has 6 nitrogen and oxygen atoms in total. The number of hydrogen-bond acceptors (Lipinski definition) is 4. The highest BCUT2D eigenvalue weighted by Crippen LogP contribution is 2.30. The number of urea groups is 1. The number of ether oxygens (including phenoxy) is 2. The van der Waals surface area contributed by atoms with Gasteiger partial charge in [0.2, 0.25) is 0 Å². The van der Waals surface area contributed by atoms with E-state index in [1.165, 1.54) is 12.7 Å². The van der Waals surface area contributed by atoms with Crippen LogP contribution < -0.4 is 15.4 Å². The highest BCUT2D eigenvalue weighted by molar-refractivity contribution is 5.95. The van der Waals surface area contributed by atoms with Crippen LogP contribution in [0.25, 0.3) is 0 Å². The summed E-state index contributed by atoms with van der Waals surface area (Å²) in [4.78, 5) is 24.4. The van der Waals surface area contributed by atoms with Crippen molar-refractivity contribution in [3.63, 3.8) is 0 Å². The molecule has 28 heavy (non-hydrogen) atoms. The minimum atomic E-state index is -0.598. The van der Waals surface area contributed by atoms with Gasteiger partial charge in [0.05, 0.1) is 18.7 Å². The Kier molecular flexibility index (Phi) is 5.99. The summed E-state index contributed by atoms with van der Waals surface area (Å²) in [5.74, 6) is 0.188. The molecule has 0 aliphatic carbocycles. The first-order chi connectivity index (χ1) is 13.5. The number of aryl methyl sites for hydroxylation is 1. The van der Waals surface area contributed by atoms with Gasteiger partial charge in [0.1, 0.15) is 12.4 Å². The Balaban J connectivity index is 1.85. The van der Waals surface area contributed by atoms with Gasteiger partial charge in [0.15, 0.2) is 0 Å². The summed E-state index contributed by atoms with van der Waals surface area (Å²) in [5.41, 5.74) is 3.98. The summed E-state index contributed by atoms with van der Waals surface area (Å²) in [5, 5.41) is 5.50. The zero-order valence-corrected chi connectivity index (χ0v) is 16.2. The Morgan fingerprint density at radius 1 is 1.14 bits per heavy atom. The molecule has 1 unspecified atom stereocenters. The zero-order chi connectivity index (χ0) is 20.1. The second-order valence-corrected chi connectivity index (χ2v) is 6.62. The van der Waals surface area contributed by atoms with Crippen molar-refractivity contribution in [1.29, 1.82) is 0 Å². The lowest BCUT2D eigenvalue weighted by atomic mass is 9.94. The molecule has 2 N–H and O–H groups in total. The molecule has 0 saturated carbocycles. The molecule has 6 heteroatoms. The lowest BCUT2D eigenvalue weighted by Gasteiger charge is -2.29. The van der Waals surface area contributed by atoms with Crippen molar-refractivity contribution in [3.05, 3.63) is 76.5 Å². The summed E-state index contributed by atoms with van der Waals surface area (Å²) < 4.78 is 10.8. The number of hydrogen-bond donors (Lipinski definition) is 2. The Bertz CT molecular complexity index is 903. The third-order valence-corrected chi connectivity index (χ3v) is 4.63. The number of carbonyl (C=O) groups excluding carboxylic acids is 2. The van der Waals surface area contributed by atoms with E-state index in [9.17, 15) is 9.59 Å². The minimum Gasteiger partial charge on any atom is -0.489 e. The average molecular weight is 380 g/mol. The standard InChI is InChI=1S/C22H24N2O4/c1-4-18-19(21(25)27-3)20(24-22(26)23-18)16-6-5-7-17(12-16)28-13-15-10-8-14(2)9-11-15/h5-12,20H,4,13H2,1-3H3,(H2,23,24,26). The normalized spacial score (nSPS) is 16.2. The van der Waals surface area contributed by atoms with Gasteiger partial charge in [-0.25, -0.2) is 9.59 Å². The van der Waals surface area contributed by atoms with E-state index in [0.29, 0.717) is 30.0 Å². The topological polar surface area (TPSA) is 76.7 Å². The number of esters is 1. The van der Waals surface area contributed by atoms with Crippen LogP contribution in [0.3, 0.4) is 0 Å².